The van der Waals surface area contributed by atoms with E-state index >= 15 is 0 Å². The van der Waals surface area contributed by atoms with Gasteiger partial charge in [0.15, 0.2) is 0 Å². The Morgan fingerprint density at radius 3 is 2.94 bits per heavy atom. The Bertz CT molecular complexity index is 1090. The SMILES string of the molecule is Cc1cc(C2=NCC3=C2CN(C(=O)C[C@@H]2CCN(Cc4ccccc4Cl)C2)CC3)ccn1. The van der Waals surface area contributed by atoms with Crippen molar-refractivity contribution in [2.45, 2.75) is 32.7 Å². The van der Waals surface area contributed by atoms with Crippen LogP contribution in [0.15, 0.2) is 58.7 Å². The van der Waals surface area contributed by atoms with Crippen LogP contribution in [0.5, 0.6) is 0 Å². The van der Waals surface area contributed by atoms with Crippen molar-refractivity contribution in [2.24, 2.45) is 10.9 Å². The fourth-order valence-electron chi connectivity index (χ4n) is 5.13. The van der Waals surface area contributed by atoms with Crippen LogP contribution in [0, 0.1) is 12.8 Å². The monoisotopic (exact) mass is 448 g/mol. The number of aryl methyl sites for hydroxylation is 1. The lowest BCUT2D eigenvalue weighted by atomic mass is 9.94. The molecule has 1 fully saturated rings. The molecule has 0 N–H and O–H groups in total. The average Bonchev–Trinajstić information content (AvgIpc) is 3.41. The fourth-order valence-corrected chi connectivity index (χ4v) is 5.32. The molecule has 6 heteroatoms. The number of nitrogens with zero attached hydrogens (tertiary/aromatic N) is 4. The van der Waals surface area contributed by atoms with E-state index in [0.29, 0.717) is 18.9 Å². The molecule has 0 unspecified atom stereocenters. The number of amides is 1. The van der Waals surface area contributed by atoms with Gasteiger partial charge in [-0.25, -0.2) is 0 Å². The molecule has 0 aliphatic carbocycles. The summed E-state index contributed by atoms with van der Waals surface area (Å²) >= 11 is 6.33. The summed E-state index contributed by atoms with van der Waals surface area (Å²) in [7, 11) is 0. The van der Waals surface area contributed by atoms with Crippen molar-refractivity contribution in [3.05, 3.63) is 75.6 Å². The molecule has 3 aliphatic rings. The number of pyridine rings is 1. The number of hydrogen-bond acceptors (Lipinski definition) is 4. The van der Waals surface area contributed by atoms with Crippen molar-refractivity contribution >= 4 is 23.2 Å². The van der Waals surface area contributed by atoms with Crippen LogP contribution in [0.4, 0.5) is 0 Å². The first kappa shape index (κ1) is 21.4. The van der Waals surface area contributed by atoms with E-state index in [1.807, 2.05) is 42.3 Å². The molecule has 1 amide bonds. The summed E-state index contributed by atoms with van der Waals surface area (Å²) in [5.74, 6) is 0.693. The zero-order valence-corrected chi connectivity index (χ0v) is 19.3. The van der Waals surface area contributed by atoms with Gasteiger partial charge >= 0.3 is 0 Å². The molecule has 0 bridgehead atoms. The maximum Gasteiger partial charge on any atom is 0.223 e. The number of likely N-dealkylation sites (tertiary alicyclic amines) is 1. The van der Waals surface area contributed by atoms with Crippen molar-refractivity contribution in [3.63, 3.8) is 0 Å². The molecule has 166 valence electrons. The van der Waals surface area contributed by atoms with Gasteiger partial charge in [-0.1, -0.05) is 29.8 Å². The summed E-state index contributed by atoms with van der Waals surface area (Å²) in [6, 6.07) is 12.1. The third-order valence-electron chi connectivity index (χ3n) is 6.88. The average molecular weight is 449 g/mol. The summed E-state index contributed by atoms with van der Waals surface area (Å²) < 4.78 is 0. The molecule has 3 aliphatic heterocycles. The van der Waals surface area contributed by atoms with Gasteiger partial charge in [-0.2, -0.15) is 0 Å². The molecule has 1 saturated heterocycles. The van der Waals surface area contributed by atoms with E-state index in [4.69, 9.17) is 16.6 Å². The number of benzene rings is 1. The summed E-state index contributed by atoms with van der Waals surface area (Å²) in [6.07, 6.45) is 4.47. The van der Waals surface area contributed by atoms with Crippen molar-refractivity contribution in [1.29, 1.82) is 0 Å². The minimum absolute atomic E-state index is 0.276. The van der Waals surface area contributed by atoms with Gasteiger partial charge in [-0.3, -0.25) is 19.7 Å². The van der Waals surface area contributed by atoms with Crippen molar-refractivity contribution in [2.75, 3.05) is 32.7 Å². The molecule has 1 atom stereocenters. The molecular formula is C26H29ClN4O. The van der Waals surface area contributed by atoms with E-state index in [2.05, 4.69) is 22.0 Å². The molecule has 4 heterocycles. The topological polar surface area (TPSA) is 48.8 Å². The summed E-state index contributed by atoms with van der Waals surface area (Å²) in [6.45, 7) is 7.11. The lowest BCUT2D eigenvalue weighted by Crippen LogP contribution is -2.39. The lowest BCUT2D eigenvalue weighted by Gasteiger charge is -2.30. The predicted molar refractivity (Wildman–Crippen MR) is 128 cm³/mol. The van der Waals surface area contributed by atoms with E-state index in [1.54, 1.807) is 0 Å². The smallest absolute Gasteiger partial charge is 0.223 e. The molecule has 5 nitrogen and oxygen atoms in total. The highest BCUT2D eigenvalue weighted by atomic mass is 35.5. The molecule has 0 radical (unpaired) electrons. The lowest BCUT2D eigenvalue weighted by molar-refractivity contribution is -0.131. The first-order valence-electron chi connectivity index (χ1n) is 11.5. The number of aromatic nitrogens is 1. The van der Waals surface area contributed by atoms with E-state index in [-0.39, 0.29) is 5.91 Å². The van der Waals surface area contributed by atoms with E-state index in [1.165, 1.54) is 11.1 Å². The Labute approximate surface area is 194 Å². The predicted octanol–water partition coefficient (Wildman–Crippen LogP) is 4.29. The van der Waals surface area contributed by atoms with Gasteiger partial charge in [0.05, 0.1) is 12.3 Å². The number of rotatable bonds is 5. The maximum atomic E-state index is 13.2. The molecule has 0 spiro atoms. The molecular weight excluding hydrogens is 420 g/mol. The van der Waals surface area contributed by atoms with Gasteiger partial charge in [0.1, 0.15) is 0 Å². The van der Waals surface area contributed by atoms with Crippen LogP contribution >= 0.6 is 11.6 Å². The van der Waals surface area contributed by atoms with Crippen LogP contribution in [-0.2, 0) is 11.3 Å². The normalized spacial score (nSPS) is 21.1. The summed E-state index contributed by atoms with van der Waals surface area (Å²) in [5.41, 5.74) is 6.96. The number of hydrogen-bond donors (Lipinski definition) is 0. The molecule has 5 rings (SSSR count). The van der Waals surface area contributed by atoms with Crippen LogP contribution < -0.4 is 0 Å². The van der Waals surface area contributed by atoms with Crippen LogP contribution in [-0.4, -0.2) is 59.1 Å². The first-order valence-corrected chi connectivity index (χ1v) is 11.9. The van der Waals surface area contributed by atoms with E-state index in [0.717, 1.165) is 73.1 Å². The van der Waals surface area contributed by atoms with Gasteiger partial charge in [-0.15, -0.1) is 0 Å². The largest absolute Gasteiger partial charge is 0.338 e. The zero-order valence-electron chi connectivity index (χ0n) is 18.6. The standard InChI is InChI=1S/C26H29ClN4O/c1-18-12-20(6-9-28-18)26-23-17-31(11-8-21(23)14-29-26)25(32)13-19-7-10-30(15-19)16-22-4-2-3-5-24(22)27/h2-6,9,12,19H,7-8,10-11,13-17H2,1H3/t19-/m0/s1. The van der Waals surface area contributed by atoms with Crippen molar-refractivity contribution < 1.29 is 4.79 Å². The Hall–Kier alpha value is -2.50. The minimum Gasteiger partial charge on any atom is -0.338 e. The summed E-state index contributed by atoms with van der Waals surface area (Å²) in [4.78, 5) is 26.8. The first-order chi connectivity index (χ1) is 15.6. The number of halogens is 1. The minimum atomic E-state index is 0.276. The van der Waals surface area contributed by atoms with Gasteiger partial charge in [0, 0.05) is 55.1 Å². The number of aliphatic imine (C=N–C) groups is 1. The van der Waals surface area contributed by atoms with Gasteiger partial charge in [0.25, 0.3) is 0 Å². The Balaban J connectivity index is 1.18. The maximum absolute atomic E-state index is 13.2. The zero-order chi connectivity index (χ0) is 22.1. The quantitative estimate of drug-likeness (QED) is 0.685. The summed E-state index contributed by atoms with van der Waals surface area (Å²) in [5, 5.41) is 0.822. The Kier molecular flexibility index (Phi) is 6.11. The molecule has 1 aromatic carbocycles. The van der Waals surface area contributed by atoms with Gasteiger partial charge < -0.3 is 4.90 Å². The fraction of sp³-hybridized carbons (Fsp3) is 0.423. The van der Waals surface area contributed by atoms with Crippen LogP contribution in [0.1, 0.15) is 36.1 Å². The van der Waals surface area contributed by atoms with Crippen molar-refractivity contribution in [1.82, 2.24) is 14.8 Å². The Morgan fingerprint density at radius 1 is 1.22 bits per heavy atom. The Morgan fingerprint density at radius 2 is 2.09 bits per heavy atom. The van der Waals surface area contributed by atoms with Crippen molar-refractivity contribution in [3.8, 4) is 0 Å². The van der Waals surface area contributed by atoms with Crippen LogP contribution in [0.25, 0.3) is 0 Å². The van der Waals surface area contributed by atoms with Crippen LogP contribution in [0.3, 0.4) is 0 Å². The second-order valence-electron chi connectivity index (χ2n) is 9.18. The van der Waals surface area contributed by atoms with E-state index < -0.39 is 0 Å². The number of carbonyl (C=O) groups is 1. The second-order valence-corrected chi connectivity index (χ2v) is 9.59. The van der Waals surface area contributed by atoms with Gasteiger partial charge in [-0.05, 0) is 67.1 Å². The molecule has 1 aromatic heterocycles. The molecule has 32 heavy (non-hydrogen) atoms. The van der Waals surface area contributed by atoms with Crippen LogP contribution in [0.2, 0.25) is 5.02 Å². The van der Waals surface area contributed by atoms with E-state index in [9.17, 15) is 4.79 Å². The highest BCUT2D eigenvalue weighted by Gasteiger charge is 2.31. The molecule has 2 aromatic rings. The van der Waals surface area contributed by atoms with Gasteiger partial charge in [0.2, 0.25) is 5.91 Å². The third kappa shape index (κ3) is 4.50. The highest BCUT2D eigenvalue weighted by molar-refractivity contribution is 6.31. The second kappa shape index (κ2) is 9.16. The molecule has 0 saturated carbocycles. The number of carbonyl (C=O) groups excluding carboxylic acids is 1. The third-order valence-corrected chi connectivity index (χ3v) is 7.25. The highest BCUT2D eigenvalue weighted by Crippen LogP contribution is 2.30.